The molecule has 1 aromatic heterocycles. The third kappa shape index (κ3) is 3.45. The van der Waals surface area contributed by atoms with E-state index in [9.17, 15) is 9.18 Å². The van der Waals surface area contributed by atoms with Crippen molar-refractivity contribution in [1.29, 1.82) is 0 Å². The SMILES string of the molecule is O=C(CCNc1ncc(F)cn1)NC1CC1. The van der Waals surface area contributed by atoms with Crippen molar-refractivity contribution in [2.24, 2.45) is 0 Å². The van der Waals surface area contributed by atoms with E-state index < -0.39 is 5.82 Å². The molecule has 0 unspecified atom stereocenters. The van der Waals surface area contributed by atoms with Crippen molar-refractivity contribution >= 4 is 11.9 Å². The molecule has 1 aromatic rings. The smallest absolute Gasteiger partial charge is 0.222 e. The van der Waals surface area contributed by atoms with Crippen LogP contribution in [0.3, 0.4) is 0 Å². The van der Waals surface area contributed by atoms with E-state index in [2.05, 4.69) is 20.6 Å². The Kier molecular flexibility index (Phi) is 3.28. The minimum absolute atomic E-state index is 0.0251. The first kappa shape index (κ1) is 10.8. The summed E-state index contributed by atoms with van der Waals surface area (Å²) in [6.45, 7) is 0.449. The molecule has 2 N–H and O–H groups in total. The Hall–Kier alpha value is -1.72. The topological polar surface area (TPSA) is 66.9 Å². The van der Waals surface area contributed by atoms with Crippen molar-refractivity contribution in [3.63, 3.8) is 0 Å². The molecule has 1 saturated carbocycles. The fourth-order valence-corrected chi connectivity index (χ4v) is 1.22. The van der Waals surface area contributed by atoms with Crippen molar-refractivity contribution in [1.82, 2.24) is 15.3 Å². The van der Waals surface area contributed by atoms with Gasteiger partial charge in [-0.05, 0) is 12.8 Å². The highest BCUT2D eigenvalue weighted by molar-refractivity contribution is 5.77. The molecular formula is C10H13FN4O. The average Bonchev–Trinajstić information content (AvgIpc) is 3.05. The number of amides is 1. The van der Waals surface area contributed by atoms with E-state index in [4.69, 9.17) is 0 Å². The standard InChI is InChI=1S/C10H13FN4O/c11-7-5-13-10(14-6-7)12-4-3-9(16)15-8-1-2-8/h5-6,8H,1-4H2,(H,15,16)(H,12,13,14). The van der Waals surface area contributed by atoms with Crippen molar-refractivity contribution < 1.29 is 9.18 Å². The molecule has 1 aliphatic rings. The van der Waals surface area contributed by atoms with Crippen LogP contribution in [-0.2, 0) is 4.79 Å². The number of halogens is 1. The number of hydrogen-bond acceptors (Lipinski definition) is 4. The molecule has 1 fully saturated rings. The van der Waals surface area contributed by atoms with Crippen LogP contribution in [-0.4, -0.2) is 28.5 Å². The first-order valence-electron chi connectivity index (χ1n) is 5.25. The molecule has 0 atom stereocenters. The summed E-state index contributed by atoms with van der Waals surface area (Å²) in [6, 6.07) is 0.384. The summed E-state index contributed by atoms with van der Waals surface area (Å²) in [6.07, 6.45) is 4.71. The van der Waals surface area contributed by atoms with Crippen LogP contribution in [0.2, 0.25) is 0 Å². The highest BCUT2D eigenvalue weighted by Crippen LogP contribution is 2.18. The third-order valence-electron chi connectivity index (χ3n) is 2.20. The molecule has 1 amide bonds. The number of nitrogens with one attached hydrogen (secondary N) is 2. The molecule has 0 saturated heterocycles. The van der Waals surface area contributed by atoms with E-state index in [-0.39, 0.29) is 5.91 Å². The van der Waals surface area contributed by atoms with Crippen LogP contribution in [0.5, 0.6) is 0 Å². The van der Waals surface area contributed by atoms with E-state index in [1.54, 1.807) is 0 Å². The van der Waals surface area contributed by atoms with Gasteiger partial charge in [0.2, 0.25) is 11.9 Å². The number of nitrogens with zero attached hydrogens (tertiary/aromatic N) is 2. The maximum absolute atomic E-state index is 12.5. The molecule has 16 heavy (non-hydrogen) atoms. The van der Waals surface area contributed by atoms with Crippen LogP contribution in [0.25, 0.3) is 0 Å². The van der Waals surface area contributed by atoms with Gasteiger partial charge in [-0.25, -0.2) is 14.4 Å². The zero-order chi connectivity index (χ0) is 11.4. The Labute approximate surface area is 92.5 Å². The van der Waals surface area contributed by atoms with E-state index >= 15 is 0 Å². The monoisotopic (exact) mass is 224 g/mol. The lowest BCUT2D eigenvalue weighted by atomic mass is 10.4. The molecule has 0 aromatic carbocycles. The molecule has 0 radical (unpaired) electrons. The fourth-order valence-electron chi connectivity index (χ4n) is 1.22. The van der Waals surface area contributed by atoms with Crippen LogP contribution in [0, 0.1) is 5.82 Å². The van der Waals surface area contributed by atoms with Crippen LogP contribution in [0.1, 0.15) is 19.3 Å². The quantitative estimate of drug-likeness (QED) is 0.772. The number of hydrogen-bond donors (Lipinski definition) is 2. The lowest BCUT2D eigenvalue weighted by molar-refractivity contribution is -0.120. The van der Waals surface area contributed by atoms with E-state index in [1.165, 1.54) is 0 Å². The van der Waals surface area contributed by atoms with E-state index in [0.29, 0.717) is 25.0 Å². The zero-order valence-corrected chi connectivity index (χ0v) is 8.74. The fraction of sp³-hybridized carbons (Fsp3) is 0.500. The lowest BCUT2D eigenvalue weighted by Gasteiger charge is -2.04. The van der Waals surface area contributed by atoms with Crippen LogP contribution in [0.4, 0.5) is 10.3 Å². The Balaban J connectivity index is 1.66. The number of carbonyl (C=O) groups is 1. The first-order chi connectivity index (χ1) is 7.74. The minimum atomic E-state index is -0.475. The van der Waals surface area contributed by atoms with Gasteiger partial charge in [0, 0.05) is 19.0 Å². The second-order valence-corrected chi connectivity index (χ2v) is 3.74. The first-order valence-corrected chi connectivity index (χ1v) is 5.25. The van der Waals surface area contributed by atoms with Crippen molar-refractivity contribution in [2.45, 2.75) is 25.3 Å². The summed E-state index contributed by atoms with van der Waals surface area (Å²) in [7, 11) is 0. The summed E-state index contributed by atoms with van der Waals surface area (Å²) in [4.78, 5) is 18.7. The van der Waals surface area contributed by atoms with Crippen LogP contribution < -0.4 is 10.6 Å². The lowest BCUT2D eigenvalue weighted by Crippen LogP contribution is -2.27. The zero-order valence-electron chi connectivity index (χ0n) is 8.74. The number of rotatable bonds is 5. The van der Waals surface area contributed by atoms with Gasteiger partial charge in [0.1, 0.15) is 0 Å². The second kappa shape index (κ2) is 4.87. The average molecular weight is 224 g/mol. The molecular weight excluding hydrogens is 211 g/mol. The highest BCUT2D eigenvalue weighted by Gasteiger charge is 2.22. The Morgan fingerprint density at radius 3 is 2.75 bits per heavy atom. The maximum atomic E-state index is 12.5. The second-order valence-electron chi connectivity index (χ2n) is 3.74. The summed E-state index contributed by atoms with van der Waals surface area (Å²) in [5.74, 6) is -0.116. The van der Waals surface area contributed by atoms with Gasteiger partial charge in [-0.2, -0.15) is 0 Å². The van der Waals surface area contributed by atoms with Crippen molar-refractivity contribution in [2.75, 3.05) is 11.9 Å². The molecule has 2 rings (SSSR count). The summed E-state index contributed by atoms with van der Waals surface area (Å²) in [5, 5.41) is 5.72. The molecule has 86 valence electrons. The predicted molar refractivity (Wildman–Crippen MR) is 56.3 cm³/mol. The summed E-state index contributed by atoms with van der Waals surface area (Å²) < 4.78 is 12.5. The van der Waals surface area contributed by atoms with Crippen LogP contribution in [0.15, 0.2) is 12.4 Å². The molecule has 1 aliphatic carbocycles. The highest BCUT2D eigenvalue weighted by atomic mass is 19.1. The van der Waals surface area contributed by atoms with Gasteiger partial charge in [-0.3, -0.25) is 4.79 Å². The van der Waals surface area contributed by atoms with Crippen molar-refractivity contribution in [3.8, 4) is 0 Å². The summed E-state index contributed by atoms with van der Waals surface area (Å²) in [5.41, 5.74) is 0. The van der Waals surface area contributed by atoms with E-state index in [0.717, 1.165) is 25.2 Å². The maximum Gasteiger partial charge on any atom is 0.222 e. The molecule has 0 spiro atoms. The largest absolute Gasteiger partial charge is 0.354 e. The number of carbonyl (C=O) groups excluding carboxylic acids is 1. The van der Waals surface area contributed by atoms with Gasteiger partial charge in [-0.15, -0.1) is 0 Å². The van der Waals surface area contributed by atoms with Gasteiger partial charge in [-0.1, -0.05) is 0 Å². The molecule has 0 aliphatic heterocycles. The Bertz CT molecular complexity index is 364. The Morgan fingerprint density at radius 1 is 1.44 bits per heavy atom. The van der Waals surface area contributed by atoms with Crippen LogP contribution >= 0.6 is 0 Å². The normalized spacial score (nSPS) is 14.6. The summed E-state index contributed by atoms with van der Waals surface area (Å²) >= 11 is 0. The number of anilines is 1. The molecule has 0 bridgehead atoms. The minimum Gasteiger partial charge on any atom is -0.354 e. The van der Waals surface area contributed by atoms with Gasteiger partial charge in [0.15, 0.2) is 5.82 Å². The number of aromatic nitrogens is 2. The van der Waals surface area contributed by atoms with Crippen molar-refractivity contribution in [3.05, 3.63) is 18.2 Å². The van der Waals surface area contributed by atoms with E-state index in [1.807, 2.05) is 0 Å². The molecule has 1 heterocycles. The van der Waals surface area contributed by atoms with Gasteiger partial charge in [0.05, 0.1) is 12.4 Å². The van der Waals surface area contributed by atoms with Gasteiger partial charge in [0.25, 0.3) is 0 Å². The molecule has 5 nitrogen and oxygen atoms in total. The molecule has 6 heteroatoms. The Morgan fingerprint density at radius 2 is 2.12 bits per heavy atom. The predicted octanol–water partition coefficient (Wildman–Crippen LogP) is 0.696. The van der Waals surface area contributed by atoms with Gasteiger partial charge >= 0.3 is 0 Å². The third-order valence-corrected chi connectivity index (χ3v) is 2.20. The van der Waals surface area contributed by atoms with Gasteiger partial charge < -0.3 is 10.6 Å².